The summed E-state index contributed by atoms with van der Waals surface area (Å²) in [5.41, 5.74) is 1.74. The Morgan fingerprint density at radius 1 is 0.818 bits per heavy atom. The van der Waals surface area contributed by atoms with Crippen LogP contribution in [0.1, 0.15) is 4.88 Å². The molecular weight excluding hydrogens is 436 g/mol. The van der Waals surface area contributed by atoms with Crippen LogP contribution < -0.4 is 19.7 Å². The number of methoxy groups -OCH3 is 2. The van der Waals surface area contributed by atoms with Gasteiger partial charge in [0.1, 0.15) is 5.70 Å². The largest absolute Gasteiger partial charge is 0.493 e. The van der Waals surface area contributed by atoms with E-state index in [-0.39, 0.29) is 11.6 Å². The Bertz CT molecular complexity index is 1400. The van der Waals surface area contributed by atoms with E-state index in [0.29, 0.717) is 28.4 Å². The van der Waals surface area contributed by atoms with Crippen molar-refractivity contribution in [1.29, 1.82) is 0 Å². The summed E-state index contributed by atoms with van der Waals surface area (Å²) in [4.78, 5) is 29.3. The average Bonchev–Trinajstić information content (AvgIpc) is 3.45. The lowest BCUT2D eigenvalue weighted by atomic mass is 10.1. The Balaban J connectivity index is 1.62. The molecule has 5 rings (SSSR count). The fraction of sp³-hybridized carbons (Fsp3) is 0.0769. The minimum absolute atomic E-state index is 0.225. The van der Waals surface area contributed by atoms with E-state index in [1.807, 2.05) is 53.9 Å². The summed E-state index contributed by atoms with van der Waals surface area (Å²) >= 11 is 1.41. The second-order valence-electron chi connectivity index (χ2n) is 7.37. The van der Waals surface area contributed by atoms with Crippen molar-refractivity contribution in [3.8, 4) is 11.5 Å². The monoisotopic (exact) mass is 456 g/mol. The van der Waals surface area contributed by atoms with Gasteiger partial charge in [-0.1, -0.05) is 42.5 Å². The molecule has 2 amide bonds. The van der Waals surface area contributed by atoms with Gasteiger partial charge in [-0.25, -0.2) is 4.90 Å². The van der Waals surface area contributed by atoms with E-state index >= 15 is 0 Å². The Hall–Kier alpha value is -4.10. The maximum Gasteiger partial charge on any atom is 0.282 e. The quantitative estimate of drug-likeness (QED) is 0.398. The van der Waals surface area contributed by atoms with E-state index in [4.69, 9.17) is 9.47 Å². The maximum absolute atomic E-state index is 13.7. The number of hydrogen-bond acceptors (Lipinski definition) is 6. The number of benzene rings is 3. The molecule has 0 atom stereocenters. The van der Waals surface area contributed by atoms with Crippen LogP contribution in [0.25, 0.3) is 16.3 Å². The van der Waals surface area contributed by atoms with Gasteiger partial charge in [0.25, 0.3) is 11.8 Å². The minimum atomic E-state index is -0.408. The molecule has 1 aromatic heterocycles. The number of thiophene rings is 1. The molecular formula is C26H20N2O4S. The summed E-state index contributed by atoms with van der Waals surface area (Å²) < 4.78 is 10.7. The van der Waals surface area contributed by atoms with Crippen LogP contribution in [0.5, 0.6) is 11.5 Å². The van der Waals surface area contributed by atoms with Crippen LogP contribution in [0.2, 0.25) is 0 Å². The standard InChI is InChI=1S/C26H20N2O4S/c1-31-20-13-12-17(15-21(20)32-2)27-24-23(22-11-6-14-33-22)25(29)28(26(24)30)19-10-5-8-16-7-3-4-9-18(16)19/h3-15,27H,1-2H3. The van der Waals surface area contributed by atoms with Crippen LogP contribution in [0.3, 0.4) is 0 Å². The Kier molecular flexibility index (Phi) is 5.32. The third-order valence-corrected chi connectivity index (χ3v) is 6.40. The zero-order valence-corrected chi connectivity index (χ0v) is 18.8. The van der Waals surface area contributed by atoms with E-state index in [1.54, 1.807) is 38.5 Å². The molecule has 164 valence electrons. The van der Waals surface area contributed by atoms with Crippen LogP contribution in [0, 0.1) is 0 Å². The summed E-state index contributed by atoms with van der Waals surface area (Å²) in [5, 5.41) is 6.84. The molecule has 4 aromatic rings. The highest BCUT2D eigenvalue weighted by molar-refractivity contribution is 7.11. The lowest BCUT2D eigenvalue weighted by molar-refractivity contribution is -0.120. The number of nitrogens with one attached hydrogen (secondary N) is 1. The molecule has 0 spiro atoms. The van der Waals surface area contributed by atoms with E-state index in [9.17, 15) is 9.59 Å². The third-order valence-electron chi connectivity index (χ3n) is 5.51. The zero-order valence-electron chi connectivity index (χ0n) is 18.0. The summed E-state index contributed by atoms with van der Waals surface area (Å²) in [5.74, 6) is 0.321. The first-order valence-electron chi connectivity index (χ1n) is 10.3. The highest BCUT2D eigenvalue weighted by Crippen LogP contribution is 2.39. The van der Waals surface area contributed by atoms with Crippen LogP contribution >= 0.6 is 11.3 Å². The molecule has 0 saturated heterocycles. The SMILES string of the molecule is COc1ccc(NC2=C(c3cccs3)C(=O)N(c3cccc4ccccc34)C2=O)cc1OC. The number of imide groups is 1. The first kappa shape index (κ1) is 20.8. The van der Waals surface area contributed by atoms with Crippen LogP contribution in [-0.2, 0) is 9.59 Å². The molecule has 0 saturated carbocycles. The van der Waals surface area contributed by atoms with Crippen molar-refractivity contribution in [3.05, 3.63) is 88.8 Å². The Morgan fingerprint density at radius 3 is 2.36 bits per heavy atom. The summed E-state index contributed by atoms with van der Waals surface area (Å²) in [6, 6.07) is 22.3. The number of amides is 2. The molecule has 0 aliphatic carbocycles. The van der Waals surface area contributed by atoms with Gasteiger partial charge >= 0.3 is 0 Å². The van der Waals surface area contributed by atoms with Gasteiger partial charge in [0.05, 0.1) is 25.5 Å². The van der Waals surface area contributed by atoms with Gasteiger partial charge in [0.15, 0.2) is 11.5 Å². The number of carbonyl (C=O) groups is 2. The third kappa shape index (κ3) is 3.52. The number of nitrogens with zero attached hydrogens (tertiary/aromatic N) is 1. The van der Waals surface area contributed by atoms with Crippen LogP contribution in [0.15, 0.2) is 83.9 Å². The highest BCUT2D eigenvalue weighted by atomic mass is 32.1. The molecule has 1 N–H and O–H groups in total. The molecule has 0 radical (unpaired) electrons. The summed E-state index contributed by atoms with van der Waals surface area (Å²) in [6.07, 6.45) is 0. The molecule has 6 nitrogen and oxygen atoms in total. The van der Waals surface area contributed by atoms with Gasteiger partial charge in [-0.15, -0.1) is 11.3 Å². The minimum Gasteiger partial charge on any atom is -0.493 e. The molecule has 0 bridgehead atoms. The van der Waals surface area contributed by atoms with Gasteiger partial charge in [0.2, 0.25) is 0 Å². The van der Waals surface area contributed by atoms with E-state index < -0.39 is 5.91 Å². The van der Waals surface area contributed by atoms with Crippen molar-refractivity contribution in [2.24, 2.45) is 0 Å². The number of fused-ring (bicyclic) bond motifs is 1. The van der Waals surface area contributed by atoms with Crippen molar-refractivity contribution in [1.82, 2.24) is 0 Å². The first-order valence-corrected chi connectivity index (χ1v) is 11.1. The van der Waals surface area contributed by atoms with Gasteiger partial charge in [-0.05, 0) is 35.0 Å². The summed E-state index contributed by atoms with van der Waals surface area (Å²) in [7, 11) is 3.11. The van der Waals surface area contributed by atoms with Crippen molar-refractivity contribution in [3.63, 3.8) is 0 Å². The van der Waals surface area contributed by atoms with Gasteiger partial charge < -0.3 is 14.8 Å². The molecule has 1 aliphatic heterocycles. The maximum atomic E-state index is 13.7. The number of carbonyl (C=O) groups excluding carboxylic acids is 2. The van der Waals surface area contributed by atoms with Crippen molar-refractivity contribution >= 4 is 50.9 Å². The summed E-state index contributed by atoms with van der Waals surface area (Å²) in [6.45, 7) is 0. The fourth-order valence-electron chi connectivity index (χ4n) is 3.98. The van der Waals surface area contributed by atoms with Crippen LogP contribution in [0.4, 0.5) is 11.4 Å². The average molecular weight is 457 g/mol. The van der Waals surface area contributed by atoms with E-state index in [0.717, 1.165) is 15.6 Å². The fourth-order valence-corrected chi connectivity index (χ4v) is 4.74. The number of hydrogen-bond donors (Lipinski definition) is 1. The molecule has 0 fully saturated rings. The number of anilines is 2. The van der Waals surface area contributed by atoms with Crippen molar-refractivity contribution < 1.29 is 19.1 Å². The predicted octanol–water partition coefficient (Wildman–Crippen LogP) is 5.32. The molecule has 0 unspecified atom stereocenters. The number of rotatable bonds is 6. The molecule has 2 heterocycles. The van der Waals surface area contributed by atoms with E-state index in [1.165, 1.54) is 16.2 Å². The molecule has 33 heavy (non-hydrogen) atoms. The van der Waals surface area contributed by atoms with E-state index in [2.05, 4.69) is 5.32 Å². The highest BCUT2D eigenvalue weighted by Gasteiger charge is 2.41. The molecule has 3 aromatic carbocycles. The second kappa shape index (κ2) is 8.44. The molecule has 7 heteroatoms. The lowest BCUT2D eigenvalue weighted by Crippen LogP contribution is -2.32. The smallest absolute Gasteiger partial charge is 0.282 e. The topological polar surface area (TPSA) is 67.9 Å². The Labute approximate surface area is 194 Å². The van der Waals surface area contributed by atoms with Crippen molar-refractivity contribution in [2.45, 2.75) is 0 Å². The lowest BCUT2D eigenvalue weighted by Gasteiger charge is -2.18. The molecule has 1 aliphatic rings. The van der Waals surface area contributed by atoms with Gasteiger partial charge in [-0.3, -0.25) is 9.59 Å². The van der Waals surface area contributed by atoms with Gasteiger partial charge in [0, 0.05) is 22.0 Å². The van der Waals surface area contributed by atoms with Gasteiger partial charge in [-0.2, -0.15) is 0 Å². The predicted molar refractivity (Wildman–Crippen MR) is 131 cm³/mol. The zero-order chi connectivity index (χ0) is 22.9. The Morgan fingerprint density at radius 2 is 1.61 bits per heavy atom. The van der Waals surface area contributed by atoms with Crippen molar-refractivity contribution in [2.75, 3.05) is 24.4 Å². The number of ether oxygens (including phenoxy) is 2. The second-order valence-corrected chi connectivity index (χ2v) is 8.31. The first-order chi connectivity index (χ1) is 16.1. The normalized spacial score (nSPS) is 13.7. The van der Waals surface area contributed by atoms with Crippen LogP contribution in [-0.4, -0.2) is 26.0 Å².